The second kappa shape index (κ2) is 9.75. The Morgan fingerprint density at radius 3 is 2.35 bits per heavy atom. The summed E-state index contributed by atoms with van der Waals surface area (Å²) in [7, 11) is 0. The van der Waals surface area contributed by atoms with Gasteiger partial charge in [-0.1, -0.05) is 12.8 Å². The molecule has 0 bridgehead atoms. The average Bonchev–Trinajstić information content (AvgIpc) is 2.70. The minimum absolute atomic E-state index is 0.0240. The van der Waals surface area contributed by atoms with Crippen molar-refractivity contribution in [3.8, 4) is 0 Å². The first kappa shape index (κ1) is 19.7. The summed E-state index contributed by atoms with van der Waals surface area (Å²) in [6.07, 6.45) is 7.23. The number of alkyl carbamates (subject to hydrolysis) is 1. The minimum Gasteiger partial charge on any atom is -0.461 e. The van der Waals surface area contributed by atoms with Crippen molar-refractivity contribution in [1.82, 2.24) is 5.32 Å². The Morgan fingerprint density at radius 1 is 1.17 bits per heavy atom. The molecule has 6 heteroatoms. The van der Waals surface area contributed by atoms with Gasteiger partial charge >= 0.3 is 12.1 Å². The fraction of sp³-hybridized carbons (Fsp3) is 0.882. The lowest BCUT2D eigenvalue weighted by atomic mass is 10.1. The third-order valence-corrected chi connectivity index (χ3v) is 3.75. The summed E-state index contributed by atoms with van der Waals surface area (Å²) in [5.41, 5.74) is 5.36. The number of hydrogen-bond donors (Lipinski definition) is 2. The number of nitrogens with one attached hydrogen (secondary N) is 1. The van der Waals surface area contributed by atoms with E-state index >= 15 is 0 Å². The van der Waals surface area contributed by atoms with Crippen molar-refractivity contribution >= 4 is 12.1 Å². The summed E-state index contributed by atoms with van der Waals surface area (Å²) in [5.74, 6) is -0.325. The van der Waals surface area contributed by atoms with E-state index in [4.69, 9.17) is 15.2 Å². The molecular formula is C17H32N2O4. The van der Waals surface area contributed by atoms with Gasteiger partial charge in [-0.25, -0.2) is 4.79 Å². The number of nitrogens with two attached hydrogens (primary N) is 1. The number of carbonyl (C=O) groups excluding carboxylic acids is 2. The zero-order valence-electron chi connectivity index (χ0n) is 14.7. The molecule has 0 aromatic rings. The summed E-state index contributed by atoms with van der Waals surface area (Å²) in [6.45, 7) is 5.86. The third-order valence-electron chi connectivity index (χ3n) is 3.75. The first-order valence-electron chi connectivity index (χ1n) is 8.71. The van der Waals surface area contributed by atoms with Gasteiger partial charge in [0.1, 0.15) is 17.7 Å². The molecule has 1 atom stereocenters. The first-order valence-corrected chi connectivity index (χ1v) is 8.71. The molecule has 1 saturated carbocycles. The van der Waals surface area contributed by atoms with Gasteiger partial charge < -0.3 is 20.5 Å². The Balaban J connectivity index is 2.16. The average molecular weight is 328 g/mol. The van der Waals surface area contributed by atoms with Gasteiger partial charge in [0.15, 0.2) is 0 Å². The molecule has 1 aliphatic rings. The van der Waals surface area contributed by atoms with E-state index in [1.54, 1.807) is 0 Å². The second-order valence-corrected chi connectivity index (χ2v) is 7.23. The number of carbonyl (C=O) groups is 2. The van der Waals surface area contributed by atoms with Crippen LogP contribution in [0.2, 0.25) is 0 Å². The van der Waals surface area contributed by atoms with Gasteiger partial charge in [-0.05, 0) is 59.3 Å². The number of rotatable bonds is 6. The van der Waals surface area contributed by atoms with E-state index in [1.807, 2.05) is 20.8 Å². The Labute approximate surface area is 139 Å². The molecule has 0 saturated heterocycles. The fourth-order valence-electron chi connectivity index (χ4n) is 2.56. The maximum atomic E-state index is 12.0. The lowest BCUT2D eigenvalue weighted by molar-refractivity contribution is -0.151. The Bertz CT molecular complexity index is 371. The highest BCUT2D eigenvalue weighted by Gasteiger charge is 2.21. The van der Waals surface area contributed by atoms with Crippen LogP contribution in [0.3, 0.4) is 0 Å². The molecule has 0 radical (unpaired) electrons. The fourth-order valence-corrected chi connectivity index (χ4v) is 2.56. The summed E-state index contributed by atoms with van der Waals surface area (Å²) in [6, 6.07) is -0.626. The molecule has 3 N–H and O–H groups in total. The van der Waals surface area contributed by atoms with Crippen LogP contribution in [0.4, 0.5) is 4.79 Å². The van der Waals surface area contributed by atoms with Crippen molar-refractivity contribution < 1.29 is 19.1 Å². The molecule has 23 heavy (non-hydrogen) atoms. The van der Waals surface area contributed by atoms with Gasteiger partial charge in [-0.2, -0.15) is 0 Å². The summed E-state index contributed by atoms with van der Waals surface area (Å²) in [4.78, 5) is 23.5. The highest BCUT2D eigenvalue weighted by Crippen LogP contribution is 2.20. The number of ether oxygens (including phenoxy) is 2. The molecule has 1 rings (SSSR count). The van der Waals surface area contributed by atoms with Crippen LogP contribution in [0.15, 0.2) is 0 Å². The predicted molar refractivity (Wildman–Crippen MR) is 89.0 cm³/mol. The molecule has 0 heterocycles. The summed E-state index contributed by atoms with van der Waals surface area (Å²) < 4.78 is 10.6. The molecule has 1 amide bonds. The molecular weight excluding hydrogens is 296 g/mol. The molecule has 6 nitrogen and oxygen atoms in total. The Hall–Kier alpha value is -1.30. The van der Waals surface area contributed by atoms with E-state index in [0.717, 1.165) is 25.7 Å². The number of hydrogen-bond acceptors (Lipinski definition) is 5. The maximum Gasteiger partial charge on any atom is 0.407 e. The van der Waals surface area contributed by atoms with Gasteiger partial charge in [0.05, 0.1) is 0 Å². The smallest absolute Gasteiger partial charge is 0.407 e. The van der Waals surface area contributed by atoms with Crippen molar-refractivity contribution in [2.24, 2.45) is 5.73 Å². The SMILES string of the molecule is CC(C)(C)OC(=O)NCCC[C@H](N)C(=O)OC1CCCCCC1. The second-order valence-electron chi connectivity index (χ2n) is 7.23. The van der Waals surface area contributed by atoms with Gasteiger partial charge in [0, 0.05) is 6.54 Å². The topological polar surface area (TPSA) is 90.6 Å². The molecule has 0 aliphatic heterocycles. The van der Waals surface area contributed by atoms with Crippen LogP contribution in [0.5, 0.6) is 0 Å². The molecule has 1 fully saturated rings. The minimum atomic E-state index is -0.626. The standard InChI is InChI=1S/C17H32N2O4/c1-17(2,3)23-16(21)19-12-8-11-14(18)15(20)22-13-9-6-4-5-7-10-13/h13-14H,4-12,18H2,1-3H3,(H,19,21)/t14-/m0/s1. The van der Waals surface area contributed by atoms with Gasteiger partial charge in [-0.15, -0.1) is 0 Å². The van der Waals surface area contributed by atoms with Crippen molar-refractivity contribution in [2.45, 2.75) is 89.9 Å². The van der Waals surface area contributed by atoms with Crippen LogP contribution in [-0.4, -0.2) is 36.4 Å². The first-order chi connectivity index (χ1) is 10.8. The van der Waals surface area contributed by atoms with Crippen molar-refractivity contribution in [3.63, 3.8) is 0 Å². The number of esters is 1. The van der Waals surface area contributed by atoms with Crippen molar-refractivity contribution in [1.29, 1.82) is 0 Å². The lowest BCUT2D eigenvalue weighted by Gasteiger charge is -2.20. The quantitative estimate of drug-likeness (QED) is 0.444. The van der Waals surface area contributed by atoms with Gasteiger partial charge in [0.25, 0.3) is 0 Å². The Kier molecular flexibility index (Phi) is 8.37. The van der Waals surface area contributed by atoms with E-state index in [-0.39, 0.29) is 12.1 Å². The van der Waals surface area contributed by atoms with Crippen LogP contribution in [0.25, 0.3) is 0 Å². The van der Waals surface area contributed by atoms with Crippen LogP contribution < -0.4 is 11.1 Å². The number of amides is 1. The third kappa shape index (κ3) is 9.43. The lowest BCUT2D eigenvalue weighted by Crippen LogP contribution is -2.36. The highest BCUT2D eigenvalue weighted by atomic mass is 16.6. The molecule has 134 valence electrons. The zero-order valence-corrected chi connectivity index (χ0v) is 14.7. The predicted octanol–water partition coefficient (Wildman–Crippen LogP) is 2.88. The monoisotopic (exact) mass is 328 g/mol. The van der Waals surface area contributed by atoms with E-state index in [0.29, 0.717) is 19.4 Å². The van der Waals surface area contributed by atoms with Gasteiger partial charge in [-0.3, -0.25) is 4.79 Å². The molecule has 1 aliphatic carbocycles. The maximum absolute atomic E-state index is 12.0. The van der Waals surface area contributed by atoms with E-state index in [1.165, 1.54) is 12.8 Å². The van der Waals surface area contributed by atoms with E-state index < -0.39 is 17.7 Å². The molecule has 0 aromatic heterocycles. The summed E-state index contributed by atoms with van der Waals surface area (Å²) in [5, 5.41) is 2.65. The molecule has 0 spiro atoms. The largest absolute Gasteiger partial charge is 0.461 e. The van der Waals surface area contributed by atoms with Crippen LogP contribution in [0.1, 0.15) is 72.1 Å². The van der Waals surface area contributed by atoms with E-state index in [9.17, 15) is 9.59 Å². The Morgan fingerprint density at radius 2 is 1.78 bits per heavy atom. The molecule has 0 unspecified atom stereocenters. The van der Waals surface area contributed by atoms with Crippen LogP contribution in [0, 0.1) is 0 Å². The van der Waals surface area contributed by atoms with Crippen LogP contribution >= 0.6 is 0 Å². The normalized spacial score (nSPS) is 17.9. The van der Waals surface area contributed by atoms with Crippen molar-refractivity contribution in [2.75, 3.05) is 6.54 Å². The summed E-state index contributed by atoms with van der Waals surface area (Å²) >= 11 is 0. The molecule has 0 aromatic carbocycles. The van der Waals surface area contributed by atoms with E-state index in [2.05, 4.69) is 5.32 Å². The highest BCUT2D eigenvalue weighted by molar-refractivity contribution is 5.75. The van der Waals surface area contributed by atoms with Gasteiger partial charge in [0.2, 0.25) is 0 Å². The zero-order chi connectivity index (χ0) is 17.3. The van der Waals surface area contributed by atoms with Crippen molar-refractivity contribution in [3.05, 3.63) is 0 Å². The van der Waals surface area contributed by atoms with Crippen LogP contribution in [-0.2, 0) is 14.3 Å².